The van der Waals surface area contributed by atoms with Crippen LogP contribution in [0.3, 0.4) is 0 Å². The Bertz CT molecular complexity index is 512. The monoisotopic (exact) mass is 284 g/mol. The van der Waals surface area contributed by atoms with E-state index in [9.17, 15) is 13.6 Å². The lowest BCUT2D eigenvalue weighted by atomic mass is 10.2. The van der Waals surface area contributed by atoms with Crippen LogP contribution in [0.15, 0.2) is 18.5 Å². The number of aliphatic hydroxyl groups is 2. The van der Waals surface area contributed by atoms with Gasteiger partial charge in [-0.05, 0) is 6.07 Å². The molecule has 0 spiro atoms. The van der Waals surface area contributed by atoms with Crippen molar-refractivity contribution in [3.8, 4) is 11.8 Å². The molecule has 0 atom stereocenters. The largest absolute Gasteiger partial charge is 0.395 e. The molecule has 7 heteroatoms. The number of nitrogens with zero attached hydrogens (tertiary/aromatic N) is 2. The van der Waals surface area contributed by atoms with E-state index in [4.69, 9.17) is 10.2 Å². The van der Waals surface area contributed by atoms with Gasteiger partial charge in [0.25, 0.3) is 12.3 Å². The molecule has 0 bridgehead atoms. The van der Waals surface area contributed by atoms with E-state index in [2.05, 4.69) is 16.8 Å². The van der Waals surface area contributed by atoms with Crippen molar-refractivity contribution in [3.05, 3.63) is 29.6 Å². The maximum absolute atomic E-state index is 12.4. The molecule has 5 nitrogen and oxygen atoms in total. The summed E-state index contributed by atoms with van der Waals surface area (Å²) in [6, 6.07) is 1.40. The number of amides is 1. The highest BCUT2D eigenvalue weighted by atomic mass is 19.3. The lowest BCUT2D eigenvalue weighted by molar-refractivity contribution is 0.0509. The number of aromatic nitrogens is 1. The van der Waals surface area contributed by atoms with Crippen molar-refractivity contribution >= 4 is 5.91 Å². The molecule has 2 N–H and O–H groups in total. The molecule has 0 radical (unpaired) electrons. The Balaban J connectivity index is 2.93. The summed E-state index contributed by atoms with van der Waals surface area (Å²) in [7, 11) is 0. The molecule has 1 aromatic heterocycles. The van der Waals surface area contributed by atoms with Gasteiger partial charge in [0.15, 0.2) is 0 Å². The molecule has 0 unspecified atom stereocenters. The Hall–Kier alpha value is -2.04. The van der Waals surface area contributed by atoms with Crippen LogP contribution in [0.25, 0.3) is 0 Å². The minimum absolute atomic E-state index is 0.101. The van der Waals surface area contributed by atoms with Gasteiger partial charge in [-0.2, -0.15) is 0 Å². The predicted molar refractivity (Wildman–Crippen MR) is 67.2 cm³/mol. The van der Waals surface area contributed by atoms with Gasteiger partial charge in [-0.3, -0.25) is 9.78 Å². The van der Waals surface area contributed by atoms with Gasteiger partial charge in [0.1, 0.15) is 6.61 Å². The van der Waals surface area contributed by atoms with Crippen LogP contribution in [0, 0.1) is 11.8 Å². The molecule has 1 heterocycles. The van der Waals surface area contributed by atoms with Crippen LogP contribution in [-0.2, 0) is 0 Å². The van der Waals surface area contributed by atoms with Crippen molar-refractivity contribution in [1.82, 2.24) is 9.88 Å². The Morgan fingerprint density at radius 2 is 2.15 bits per heavy atom. The molecule has 0 aliphatic rings. The molecule has 0 aliphatic carbocycles. The number of rotatable bonds is 5. The highest BCUT2D eigenvalue weighted by Gasteiger charge is 2.19. The third-order valence-electron chi connectivity index (χ3n) is 2.31. The highest BCUT2D eigenvalue weighted by Crippen LogP contribution is 2.08. The topological polar surface area (TPSA) is 73.7 Å². The summed E-state index contributed by atoms with van der Waals surface area (Å²) in [4.78, 5) is 16.7. The zero-order valence-electron chi connectivity index (χ0n) is 10.6. The molecule has 108 valence electrons. The quantitative estimate of drug-likeness (QED) is 0.754. The average molecular weight is 284 g/mol. The van der Waals surface area contributed by atoms with Gasteiger partial charge in [0.05, 0.1) is 18.7 Å². The first-order chi connectivity index (χ1) is 9.58. The van der Waals surface area contributed by atoms with E-state index >= 15 is 0 Å². The van der Waals surface area contributed by atoms with Crippen LogP contribution in [0.2, 0.25) is 0 Å². The van der Waals surface area contributed by atoms with Crippen LogP contribution in [0.4, 0.5) is 8.78 Å². The number of aliphatic hydroxyl groups excluding tert-OH is 2. The van der Waals surface area contributed by atoms with Crippen molar-refractivity contribution in [2.75, 3.05) is 26.3 Å². The van der Waals surface area contributed by atoms with E-state index in [1.54, 1.807) is 0 Å². The van der Waals surface area contributed by atoms with Crippen LogP contribution < -0.4 is 0 Å². The SMILES string of the molecule is O=C(c1cncc(C#CCO)c1)N(CCO)CC(F)F. The number of alkyl halides is 2. The van der Waals surface area contributed by atoms with Gasteiger partial charge in [-0.15, -0.1) is 0 Å². The standard InChI is InChI=1S/C13H14F2N2O3/c14-12(15)9-17(3-5-19)13(20)11-6-10(2-1-4-18)7-16-8-11/h6-8,12,18-19H,3-5,9H2. The summed E-state index contributed by atoms with van der Waals surface area (Å²) >= 11 is 0. The van der Waals surface area contributed by atoms with Gasteiger partial charge in [-0.25, -0.2) is 8.78 Å². The smallest absolute Gasteiger partial charge is 0.255 e. The molecule has 0 saturated carbocycles. The normalized spacial score (nSPS) is 10.1. The van der Waals surface area contributed by atoms with Crippen LogP contribution in [0.1, 0.15) is 15.9 Å². The van der Waals surface area contributed by atoms with E-state index in [-0.39, 0.29) is 18.7 Å². The first kappa shape index (κ1) is 16.0. The van der Waals surface area contributed by atoms with Crippen LogP contribution in [0.5, 0.6) is 0 Å². The van der Waals surface area contributed by atoms with Crippen molar-refractivity contribution in [1.29, 1.82) is 0 Å². The predicted octanol–water partition coefficient (Wildman–Crippen LogP) is 0.125. The van der Waals surface area contributed by atoms with Crippen molar-refractivity contribution in [2.24, 2.45) is 0 Å². The number of carbonyl (C=O) groups excluding carboxylic acids is 1. The summed E-state index contributed by atoms with van der Waals surface area (Å²) in [6.45, 7) is -1.68. The van der Waals surface area contributed by atoms with Gasteiger partial charge in [0.2, 0.25) is 0 Å². The Morgan fingerprint density at radius 3 is 2.75 bits per heavy atom. The number of halogens is 2. The first-order valence-electron chi connectivity index (χ1n) is 5.81. The van der Waals surface area contributed by atoms with E-state index in [0.29, 0.717) is 5.56 Å². The molecule has 0 fully saturated rings. The lowest BCUT2D eigenvalue weighted by Crippen LogP contribution is -2.37. The maximum Gasteiger partial charge on any atom is 0.255 e. The molecular formula is C13H14F2N2O3. The first-order valence-corrected chi connectivity index (χ1v) is 5.81. The number of pyridine rings is 1. The molecule has 0 aliphatic heterocycles. The van der Waals surface area contributed by atoms with Gasteiger partial charge in [-0.1, -0.05) is 11.8 Å². The lowest BCUT2D eigenvalue weighted by Gasteiger charge is -2.21. The fourth-order valence-electron chi connectivity index (χ4n) is 1.51. The van der Waals surface area contributed by atoms with E-state index in [1.165, 1.54) is 18.5 Å². The molecule has 1 aromatic rings. The van der Waals surface area contributed by atoms with Crippen LogP contribution >= 0.6 is 0 Å². The summed E-state index contributed by atoms with van der Waals surface area (Å²) in [5, 5.41) is 17.4. The third-order valence-corrected chi connectivity index (χ3v) is 2.31. The van der Waals surface area contributed by atoms with Crippen molar-refractivity contribution < 1.29 is 23.8 Å². The van der Waals surface area contributed by atoms with Crippen molar-refractivity contribution in [3.63, 3.8) is 0 Å². The minimum atomic E-state index is -2.68. The molecule has 0 saturated heterocycles. The summed E-state index contributed by atoms with van der Waals surface area (Å²) < 4.78 is 24.8. The Labute approximate surface area is 114 Å². The molecular weight excluding hydrogens is 270 g/mol. The van der Waals surface area contributed by atoms with Gasteiger partial charge < -0.3 is 15.1 Å². The highest BCUT2D eigenvalue weighted by molar-refractivity contribution is 5.94. The average Bonchev–Trinajstić information content (AvgIpc) is 2.43. The molecule has 0 aromatic carbocycles. The van der Waals surface area contributed by atoms with E-state index < -0.39 is 25.5 Å². The summed E-state index contributed by atoms with van der Waals surface area (Å²) in [6.07, 6.45) is -0.0542. The third kappa shape index (κ3) is 4.91. The summed E-state index contributed by atoms with van der Waals surface area (Å²) in [5.74, 6) is 4.32. The zero-order valence-corrected chi connectivity index (χ0v) is 10.6. The second-order valence-electron chi connectivity index (χ2n) is 3.79. The minimum Gasteiger partial charge on any atom is -0.395 e. The fourth-order valence-corrected chi connectivity index (χ4v) is 1.51. The fraction of sp³-hybridized carbons (Fsp3) is 0.385. The van der Waals surface area contributed by atoms with E-state index in [0.717, 1.165) is 4.90 Å². The number of hydrogen-bond acceptors (Lipinski definition) is 4. The van der Waals surface area contributed by atoms with Crippen molar-refractivity contribution in [2.45, 2.75) is 6.43 Å². The number of hydrogen-bond donors (Lipinski definition) is 2. The van der Waals surface area contributed by atoms with Crippen LogP contribution in [-0.4, -0.2) is 58.7 Å². The maximum atomic E-state index is 12.4. The molecule has 20 heavy (non-hydrogen) atoms. The Kier molecular flexibility index (Phi) is 6.56. The van der Waals surface area contributed by atoms with E-state index in [1.807, 2.05) is 0 Å². The molecule has 1 amide bonds. The van der Waals surface area contributed by atoms with Gasteiger partial charge in [0, 0.05) is 24.5 Å². The zero-order chi connectivity index (χ0) is 15.0. The second kappa shape index (κ2) is 8.19. The number of carbonyl (C=O) groups is 1. The Morgan fingerprint density at radius 1 is 1.40 bits per heavy atom. The second-order valence-corrected chi connectivity index (χ2v) is 3.79. The molecule has 1 rings (SSSR count). The summed E-state index contributed by atoms with van der Waals surface area (Å²) in [5.41, 5.74) is 0.495. The van der Waals surface area contributed by atoms with Gasteiger partial charge >= 0.3 is 0 Å².